The largest absolute Gasteiger partial charge is 0.483 e. The SMILES string of the molecule is CCc1ccccc1OCC(=O)Nc1cnc2c(cnn2C(C)C)c1. The number of fused-ring (bicyclic) bond motifs is 1. The second kappa shape index (κ2) is 7.34. The third kappa shape index (κ3) is 3.79. The van der Waals surface area contributed by atoms with Gasteiger partial charge in [-0.1, -0.05) is 25.1 Å². The standard InChI is InChI=1S/C19H22N4O2/c1-4-14-7-5-6-8-17(14)25-12-18(24)22-16-9-15-10-21-23(13(2)3)19(15)20-11-16/h5-11,13H,4,12H2,1-3H3,(H,22,24). The summed E-state index contributed by atoms with van der Waals surface area (Å²) in [4.78, 5) is 16.6. The highest BCUT2D eigenvalue weighted by Gasteiger charge is 2.10. The number of amides is 1. The molecular weight excluding hydrogens is 316 g/mol. The van der Waals surface area contributed by atoms with Gasteiger partial charge in [0.05, 0.1) is 18.1 Å². The van der Waals surface area contributed by atoms with E-state index in [1.807, 2.05) is 35.0 Å². The molecule has 6 heteroatoms. The lowest BCUT2D eigenvalue weighted by Crippen LogP contribution is -2.20. The molecule has 1 amide bonds. The van der Waals surface area contributed by atoms with Crippen LogP contribution in [0, 0.1) is 0 Å². The molecule has 1 N–H and O–H groups in total. The van der Waals surface area contributed by atoms with Crippen molar-refractivity contribution in [3.05, 3.63) is 48.3 Å². The molecule has 0 atom stereocenters. The number of rotatable bonds is 6. The van der Waals surface area contributed by atoms with Crippen molar-refractivity contribution in [1.82, 2.24) is 14.8 Å². The van der Waals surface area contributed by atoms with Crippen LogP contribution in [0.3, 0.4) is 0 Å². The molecule has 0 aliphatic carbocycles. The number of pyridine rings is 1. The Labute approximate surface area is 146 Å². The van der Waals surface area contributed by atoms with Crippen molar-refractivity contribution in [3.63, 3.8) is 0 Å². The normalized spacial score (nSPS) is 11.0. The second-order valence-corrected chi connectivity index (χ2v) is 6.12. The van der Waals surface area contributed by atoms with Crippen LogP contribution in [0.1, 0.15) is 32.4 Å². The summed E-state index contributed by atoms with van der Waals surface area (Å²) in [5.41, 5.74) is 2.52. The summed E-state index contributed by atoms with van der Waals surface area (Å²) in [7, 11) is 0. The molecule has 2 aromatic heterocycles. The molecule has 6 nitrogen and oxygen atoms in total. The highest BCUT2D eigenvalue weighted by atomic mass is 16.5. The summed E-state index contributed by atoms with van der Waals surface area (Å²) in [5, 5.41) is 8.04. The Bertz CT molecular complexity index is 886. The van der Waals surface area contributed by atoms with Crippen LogP contribution in [0.15, 0.2) is 42.7 Å². The van der Waals surface area contributed by atoms with Gasteiger partial charge in [-0.2, -0.15) is 5.10 Å². The summed E-state index contributed by atoms with van der Waals surface area (Å²) in [6.07, 6.45) is 4.25. The molecule has 0 radical (unpaired) electrons. The van der Waals surface area contributed by atoms with Crippen molar-refractivity contribution in [3.8, 4) is 5.75 Å². The molecule has 0 aliphatic rings. The first kappa shape index (κ1) is 17.0. The van der Waals surface area contributed by atoms with Crippen LogP contribution < -0.4 is 10.1 Å². The Hall–Kier alpha value is -2.89. The Morgan fingerprint density at radius 3 is 2.84 bits per heavy atom. The number of carbonyl (C=O) groups is 1. The van der Waals surface area contributed by atoms with Gasteiger partial charge in [0.2, 0.25) is 0 Å². The first-order chi connectivity index (χ1) is 12.1. The predicted molar refractivity (Wildman–Crippen MR) is 97.9 cm³/mol. The number of nitrogens with one attached hydrogen (secondary N) is 1. The van der Waals surface area contributed by atoms with Gasteiger partial charge in [0.15, 0.2) is 12.3 Å². The van der Waals surface area contributed by atoms with Crippen molar-refractivity contribution in [1.29, 1.82) is 0 Å². The molecule has 130 valence electrons. The Morgan fingerprint density at radius 2 is 2.08 bits per heavy atom. The lowest BCUT2D eigenvalue weighted by Gasteiger charge is -2.10. The lowest BCUT2D eigenvalue weighted by atomic mass is 10.1. The zero-order valence-electron chi connectivity index (χ0n) is 14.7. The zero-order chi connectivity index (χ0) is 17.8. The van der Waals surface area contributed by atoms with Crippen molar-refractivity contribution in [2.75, 3.05) is 11.9 Å². The van der Waals surface area contributed by atoms with E-state index in [0.717, 1.165) is 28.8 Å². The number of anilines is 1. The Balaban J connectivity index is 1.66. The van der Waals surface area contributed by atoms with Crippen LogP contribution in [0.2, 0.25) is 0 Å². The maximum Gasteiger partial charge on any atom is 0.262 e. The minimum absolute atomic E-state index is 0.0414. The molecule has 0 saturated carbocycles. The molecule has 3 rings (SSSR count). The first-order valence-electron chi connectivity index (χ1n) is 8.42. The number of para-hydroxylation sites is 1. The van der Waals surface area contributed by atoms with E-state index in [1.54, 1.807) is 12.4 Å². The Morgan fingerprint density at radius 1 is 1.28 bits per heavy atom. The van der Waals surface area contributed by atoms with E-state index >= 15 is 0 Å². The van der Waals surface area contributed by atoms with Crippen LogP contribution in [0.5, 0.6) is 5.75 Å². The van der Waals surface area contributed by atoms with Gasteiger partial charge in [-0.25, -0.2) is 9.67 Å². The minimum atomic E-state index is -0.219. The quantitative estimate of drug-likeness (QED) is 0.746. The molecular formula is C19H22N4O2. The average molecular weight is 338 g/mol. The molecule has 0 saturated heterocycles. The topological polar surface area (TPSA) is 69.0 Å². The van der Waals surface area contributed by atoms with Crippen LogP contribution in [-0.2, 0) is 11.2 Å². The number of nitrogens with zero attached hydrogens (tertiary/aromatic N) is 3. The summed E-state index contributed by atoms with van der Waals surface area (Å²) < 4.78 is 7.49. The second-order valence-electron chi connectivity index (χ2n) is 6.12. The summed E-state index contributed by atoms with van der Waals surface area (Å²) in [5.74, 6) is 0.523. The number of hydrogen-bond acceptors (Lipinski definition) is 4. The highest BCUT2D eigenvalue weighted by Crippen LogP contribution is 2.20. The fourth-order valence-corrected chi connectivity index (χ4v) is 2.66. The van der Waals surface area contributed by atoms with Crippen LogP contribution >= 0.6 is 0 Å². The molecule has 1 aromatic carbocycles. The number of aromatic nitrogens is 3. The van der Waals surface area contributed by atoms with Crippen molar-refractivity contribution in [2.24, 2.45) is 0 Å². The molecule has 3 aromatic rings. The smallest absolute Gasteiger partial charge is 0.262 e. The Kier molecular flexibility index (Phi) is 4.97. The maximum absolute atomic E-state index is 12.2. The van der Waals surface area contributed by atoms with Gasteiger partial charge in [0.1, 0.15) is 5.75 Å². The number of ether oxygens (including phenoxy) is 1. The lowest BCUT2D eigenvalue weighted by molar-refractivity contribution is -0.118. The van der Waals surface area contributed by atoms with E-state index < -0.39 is 0 Å². The number of benzene rings is 1. The van der Waals surface area contributed by atoms with Crippen LogP contribution in [0.4, 0.5) is 5.69 Å². The molecule has 0 aliphatic heterocycles. The van der Waals surface area contributed by atoms with Gasteiger partial charge in [0, 0.05) is 11.4 Å². The van der Waals surface area contributed by atoms with Crippen molar-refractivity contribution >= 4 is 22.6 Å². The highest BCUT2D eigenvalue weighted by molar-refractivity contribution is 5.93. The summed E-state index contributed by atoms with van der Waals surface area (Å²) in [6, 6.07) is 9.84. The van der Waals surface area contributed by atoms with E-state index in [-0.39, 0.29) is 18.6 Å². The zero-order valence-corrected chi connectivity index (χ0v) is 14.7. The van der Waals surface area contributed by atoms with Gasteiger partial charge in [-0.05, 0) is 38.0 Å². The van der Waals surface area contributed by atoms with E-state index in [2.05, 4.69) is 36.2 Å². The fraction of sp³-hybridized carbons (Fsp3) is 0.316. The van der Waals surface area contributed by atoms with E-state index in [1.165, 1.54) is 0 Å². The fourth-order valence-electron chi connectivity index (χ4n) is 2.66. The summed E-state index contributed by atoms with van der Waals surface area (Å²) in [6.45, 7) is 6.12. The van der Waals surface area contributed by atoms with Gasteiger partial charge >= 0.3 is 0 Å². The third-order valence-corrected chi connectivity index (χ3v) is 3.92. The van der Waals surface area contributed by atoms with Gasteiger partial charge < -0.3 is 10.1 Å². The first-order valence-corrected chi connectivity index (χ1v) is 8.42. The van der Waals surface area contributed by atoms with Crippen LogP contribution in [0.25, 0.3) is 11.0 Å². The molecule has 0 fully saturated rings. The number of aryl methyl sites for hydroxylation is 1. The monoisotopic (exact) mass is 338 g/mol. The van der Waals surface area contributed by atoms with E-state index in [4.69, 9.17) is 4.74 Å². The predicted octanol–water partition coefficient (Wildman–Crippen LogP) is 3.59. The van der Waals surface area contributed by atoms with Crippen LogP contribution in [-0.4, -0.2) is 27.3 Å². The van der Waals surface area contributed by atoms with Crippen molar-refractivity contribution in [2.45, 2.75) is 33.2 Å². The third-order valence-electron chi connectivity index (χ3n) is 3.92. The van der Waals surface area contributed by atoms with Crippen molar-refractivity contribution < 1.29 is 9.53 Å². The molecule has 2 heterocycles. The maximum atomic E-state index is 12.2. The summed E-state index contributed by atoms with van der Waals surface area (Å²) >= 11 is 0. The molecule has 0 bridgehead atoms. The molecule has 25 heavy (non-hydrogen) atoms. The van der Waals surface area contributed by atoms with Gasteiger partial charge in [0.25, 0.3) is 5.91 Å². The molecule has 0 unspecified atom stereocenters. The van der Waals surface area contributed by atoms with E-state index in [0.29, 0.717) is 5.69 Å². The number of hydrogen-bond donors (Lipinski definition) is 1. The minimum Gasteiger partial charge on any atom is -0.483 e. The van der Waals surface area contributed by atoms with Gasteiger partial charge in [-0.15, -0.1) is 0 Å². The molecule has 0 spiro atoms. The van der Waals surface area contributed by atoms with Gasteiger partial charge in [-0.3, -0.25) is 4.79 Å². The van der Waals surface area contributed by atoms with E-state index in [9.17, 15) is 4.79 Å². The number of carbonyl (C=O) groups excluding carboxylic acids is 1. The average Bonchev–Trinajstić information content (AvgIpc) is 3.03.